The summed E-state index contributed by atoms with van der Waals surface area (Å²) in [6.45, 7) is 9.30. The summed E-state index contributed by atoms with van der Waals surface area (Å²) in [4.78, 5) is 10.8. The summed E-state index contributed by atoms with van der Waals surface area (Å²) >= 11 is 12.4. The molecule has 0 bridgehead atoms. The predicted octanol–water partition coefficient (Wildman–Crippen LogP) is 19.8. The Morgan fingerprint density at radius 3 is 1.33 bits per heavy atom. The van der Waals surface area contributed by atoms with Crippen LogP contribution in [0, 0.1) is 23.5 Å². The molecule has 2 unspecified atom stereocenters. The molecule has 0 radical (unpaired) electrons. The van der Waals surface area contributed by atoms with Crippen LogP contribution in [0.25, 0.3) is 93.1 Å². The number of hydrogen-bond donors (Lipinski definition) is 0. The van der Waals surface area contributed by atoms with Gasteiger partial charge < -0.3 is 0 Å². The largest absolute Gasteiger partial charge is 0.206 e. The van der Waals surface area contributed by atoms with Crippen molar-refractivity contribution in [1.82, 2.24) is 17.5 Å². The van der Waals surface area contributed by atoms with Crippen molar-refractivity contribution in [2.45, 2.75) is 97.3 Å². The van der Waals surface area contributed by atoms with Gasteiger partial charge in [-0.25, -0.2) is 8.78 Å². The van der Waals surface area contributed by atoms with Crippen molar-refractivity contribution < 1.29 is 8.78 Å². The molecule has 0 fully saturated rings. The maximum atomic E-state index is 16.9. The third kappa shape index (κ3) is 8.14. The second kappa shape index (κ2) is 19.1. The van der Waals surface area contributed by atoms with Crippen LogP contribution < -0.4 is 0 Å². The minimum atomic E-state index is -0.276. The van der Waals surface area contributed by atoms with Gasteiger partial charge in [0.2, 0.25) is 0 Å². The van der Waals surface area contributed by atoms with Crippen molar-refractivity contribution in [3.63, 3.8) is 0 Å². The molecule has 0 spiro atoms. The van der Waals surface area contributed by atoms with E-state index in [0.717, 1.165) is 101 Å². The molecule has 342 valence electrons. The first-order valence-corrected chi connectivity index (χ1v) is 29.8. The number of rotatable bonds is 18. The molecule has 0 aliphatic heterocycles. The highest BCUT2D eigenvalue weighted by Gasteiger charge is 2.48. The normalized spacial score (nSPS) is 14.1. The number of unbranched alkanes of at least 4 members (excludes halogenated alkanes) is 2. The second-order valence-electron chi connectivity index (χ2n) is 17.8. The van der Waals surface area contributed by atoms with Gasteiger partial charge in [-0.05, 0) is 107 Å². The van der Waals surface area contributed by atoms with Crippen LogP contribution in [0.4, 0.5) is 8.78 Å². The van der Waals surface area contributed by atoms with Gasteiger partial charge in [0.15, 0.2) is 0 Å². The molecule has 0 saturated heterocycles. The van der Waals surface area contributed by atoms with Crippen molar-refractivity contribution in [1.29, 1.82) is 0 Å². The van der Waals surface area contributed by atoms with E-state index in [1.165, 1.54) is 69.2 Å². The van der Waals surface area contributed by atoms with Crippen molar-refractivity contribution >= 4 is 114 Å². The minimum Gasteiger partial charge on any atom is -0.206 e. The zero-order valence-corrected chi connectivity index (χ0v) is 44.2. The first-order chi connectivity index (χ1) is 32.8. The van der Waals surface area contributed by atoms with Crippen molar-refractivity contribution in [3.8, 4) is 71.0 Å². The van der Waals surface area contributed by atoms with Gasteiger partial charge in [0, 0.05) is 65.3 Å². The van der Waals surface area contributed by atoms with Crippen LogP contribution in [0.2, 0.25) is 0 Å². The Balaban J connectivity index is 1.07. The van der Waals surface area contributed by atoms with Gasteiger partial charge in [0.25, 0.3) is 0 Å². The van der Waals surface area contributed by atoms with Crippen LogP contribution in [0.5, 0.6) is 0 Å². The Kier molecular flexibility index (Phi) is 13.0. The molecule has 10 aromatic rings. The van der Waals surface area contributed by atoms with Crippen LogP contribution in [0.3, 0.4) is 0 Å². The zero-order chi connectivity index (χ0) is 45.8. The average molecular weight is 1040 g/mol. The summed E-state index contributed by atoms with van der Waals surface area (Å²) in [7, 11) is 0. The molecule has 0 saturated carbocycles. The van der Waals surface area contributed by atoms with E-state index in [-0.39, 0.29) is 17.0 Å². The van der Waals surface area contributed by atoms with E-state index in [0.29, 0.717) is 34.0 Å². The van der Waals surface area contributed by atoms with Gasteiger partial charge in [-0.15, -0.1) is 68.0 Å². The monoisotopic (exact) mass is 1030 g/mol. The second-order valence-corrected chi connectivity index (χ2v) is 25.0. The molecule has 1 aliphatic carbocycles. The zero-order valence-electron chi connectivity index (χ0n) is 37.6. The maximum Gasteiger partial charge on any atom is 0.134 e. The molecule has 2 aromatic carbocycles. The molecule has 0 N–H and O–H groups in total. The summed E-state index contributed by atoms with van der Waals surface area (Å²) in [6, 6.07) is 24.8. The predicted molar refractivity (Wildman–Crippen MR) is 290 cm³/mol. The Labute approximate surface area is 422 Å². The fourth-order valence-electron chi connectivity index (χ4n) is 10.3. The van der Waals surface area contributed by atoms with Gasteiger partial charge in [0.05, 0.1) is 34.6 Å². The van der Waals surface area contributed by atoms with Crippen molar-refractivity contribution in [2.24, 2.45) is 11.8 Å². The number of aromatic nitrogens is 4. The van der Waals surface area contributed by atoms with E-state index < -0.39 is 0 Å². The maximum absolute atomic E-state index is 16.9. The summed E-state index contributed by atoms with van der Waals surface area (Å²) < 4.78 is 53.1. The molecule has 14 heteroatoms. The van der Waals surface area contributed by atoms with E-state index in [9.17, 15) is 0 Å². The van der Waals surface area contributed by atoms with Gasteiger partial charge in [0.1, 0.15) is 33.7 Å². The summed E-state index contributed by atoms with van der Waals surface area (Å²) in [5.74, 6) is 0.505. The lowest BCUT2D eigenvalue weighted by atomic mass is 9.65. The number of thiophene rings is 6. The lowest BCUT2D eigenvalue weighted by molar-refractivity contribution is 0.266. The Bertz CT molecular complexity index is 3100. The van der Waals surface area contributed by atoms with Gasteiger partial charge in [-0.1, -0.05) is 91.2 Å². The molecule has 8 aromatic heterocycles. The highest BCUT2D eigenvalue weighted by molar-refractivity contribution is 7.26. The van der Waals surface area contributed by atoms with E-state index >= 15 is 8.78 Å². The summed E-state index contributed by atoms with van der Waals surface area (Å²) in [5.41, 5.74) is 7.84. The molecule has 11 rings (SSSR count). The Morgan fingerprint density at radius 1 is 0.493 bits per heavy atom. The summed E-state index contributed by atoms with van der Waals surface area (Å²) in [5, 5.41) is 4.14. The molecule has 1 aliphatic rings. The fourth-order valence-corrected chi connectivity index (χ4v) is 18.0. The standard InChI is InChI=1S/C53H48F2N4S8/c1-5-9-13-29(7-3)27-53(28-30(8-4)14-10-6-2)33-25-43(31-23-35(54)45(49-47(31)56-66-58-49)41-19-17-39(62-41)37-15-11-21-60-37)64-51(33)52-34(53)26-44(65-52)32-24-36(55)46(50-48(32)57-67-59-50)42-20-18-40(63-42)38-16-12-22-61-38/h11-12,15-26,29-30H,5-10,13-14,27-28H2,1-4H3. The van der Waals surface area contributed by atoms with Gasteiger partial charge in [-0.2, -0.15) is 17.5 Å². The lowest BCUT2D eigenvalue weighted by Crippen LogP contribution is -2.31. The van der Waals surface area contributed by atoms with Crippen molar-refractivity contribution in [3.05, 3.63) is 106 Å². The topological polar surface area (TPSA) is 51.6 Å². The van der Waals surface area contributed by atoms with Crippen LogP contribution in [-0.2, 0) is 5.41 Å². The highest BCUT2D eigenvalue weighted by Crippen LogP contribution is 2.63. The van der Waals surface area contributed by atoms with Crippen LogP contribution in [0.15, 0.2) is 83.6 Å². The van der Waals surface area contributed by atoms with E-state index in [1.807, 2.05) is 24.3 Å². The first kappa shape index (κ1) is 45.6. The van der Waals surface area contributed by atoms with Gasteiger partial charge in [-0.3, -0.25) is 0 Å². The number of benzene rings is 2. The van der Waals surface area contributed by atoms with E-state index in [2.05, 4.69) is 74.9 Å². The fraction of sp³-hybridized carbons (Fsp3) is 0.321. The molecule has 0 amide bonds. The van der Waals surface area contributed by atoms with Crippen LogP contribution >= 0.6 is 91.5 Å². The third-order valence-electron chi connectivity index (χ3n) is 13.8. The molecular weight excluding hydrogens is 987 g/mol. The quantitative estimate of drug-likeness (QED) is 0.0859. The first-order valence-electron chi connectivity index (χ1n) is 23.3. The molecule has 8 heterocycles. The molecule has 4 nitrogen and oxygen atoms in total. The smallest absolute Gasteiger partial charge is 0.134 e. The number of hydrogen-bond acceptors (Lipinski definition) is 12. The minimum absolute atomic E-state index is 0.267. The highest BCUT2D eigenvalue weighted by atomic mass is 32.1. The number of fused-ring (bicyclic) bond motifs is 5. The lowest BCUT2D eigenvalue weighted by Gasteiger charge is -2.37. The molecule has 67 heavy (non-hydrogen) atoms. The van der Waals surface area contributed by atoms with Crippen LogP contribution in [-0.4, -0.2) is 17.5 Å². The van der Waals surface area contributed by atoms with Crippen molar-refractivity contribution in [2.75, 3.05) is 0 Å². The number of nitrogens with zero attached hydrogens (tertiary/aromatic N) is 4. The Morgan fingerprint density at radius 2 is 0.925 bits per heavy atom. The molecule has 2 atom stereocenters. The molecular formula is C53H48F2N4S8. The van der Waals surface area contributed by atoms with Gasteiger partial charge >= 0.3 is 0 Å². The third-order valence-corrected chi connectivity index (χ3v) is 21.7. The number of halogens is 2. The van der Waals surface area contributed by atoms with E-state index in [4.69, 9.17) is 17.5 Å². The van der Waals surface area contributed by atoms with Crippen LogP contribution in [0.1, 0.15) is 103 Å². The summed E-state index contributed by atoms with van der Waals surface area (Å²) in [6.07, 6.45) is 11.4. The Hall–Kier alpha value is -3.86. The van der Waals surface area contributed by atoms with E-state index in [1.54, 1.807) is 80.2 Å². The SMILES string of the molecule is CCCCC(CC)CC1(CC(CC)CCCC)c2cc(-c3cc(F)c(-c4ccc(-c5cccs5)s4)c4nsnc34)sc2-c2sc(-c3cc(F)c(-c4ccc(-c5cccs5)s4)c4nsnc34)cc21. The average Bonchev–Trinajstić information content (AvgIpc) is 4.19.